The third-order valence-corrected chi connectivity index (χ3v) is 3.16. The Balaban J connectivity index is 2.01. The molecule has 20 heavy (non-hydrogen) atoms. The number of hydrogen-bond donors (Lipinski definition) is 1. The van der Waals surface area contributed by atoms with Crippen LogP contribution < -0.4 is 10.2 Å². The van der Waals surface area contributed by atoms with Crippen molar-refractivity contribution in [3.05, 3.63) is 59.7 Å². The average Bonchev–Trinajstić information content (AvgIpc) is 2.46. The fourth-order valence-corrected chi connectivity index (χ4v) is 2.09. The number of ether oxygens (including phenoxy) is 1. The van der Waals surface area contributed by atoms with Crippen molar-refractivity contribution in [3.8, 4) is 0 Å². The van der Waals surface area contributed by atoms with Crippen molar-refractivity contribution in [3.63, 3.8) is 0 Å². The summed E-state index contributed by atoms with van der Waals surface area (Å²) in [6.45, 7) is 1.47. The zero-order valence-corrected chi connectivity index (χ0v) is 12.4. The summed E-state index contributed by atoms with van der Waals surface area (Å²) >= 11 is 0. The molecule has 0 aliphatic rings. The summed E-state index contributed by atoms with van der Waals surface area (Å²) in [7, 11) is 5.82. The van der Waals surface area contributed by atoms with E-state index in [9.17, 15) is 0 Å². The van der Waals surface area contributed by atoms with Crippen molar-refractivity contribution in [2.24, 2.45) is 0 Å². The quantitative estimate of drug-likeness (QED) is 0.869. The molecule has 2 aromatic rings. The van der Waals surface area contributed by atoms with Crippen LogP contribution in [0.25, 0.3) is 0 Å². The molecule has 106 valence electrons. The van der Waals surface area contributed by atoms with Gasteiger partial charge < -0.3 is 15.0 Å². The summed E-state index contributed by atoms with van der Waals surface area (Å²) in [4.78, 5) is 2.10. The van der Waals surface area contributed by atoms with Crippen LogP contribution in [0.1, 0.15) is 11.1 Å². The van der Waals surface area contributed by atoms with Gasteiger partial charge in [-0.3, -0.25) is 0 Å². The Morgan fingerprint density at radius 2 is 1.75 bits per heavy atom. The van der Waals surface area contributed by atoms with Crippen LogP contribution in [0.5, 0.6) is 0 Å². The van der Waals surface area contributed by atoms with Gasteiger partial charge in [0, 0.05) is 39.1 Å². The maximum absolute atomic E-state index is 5.16. The van der Waals surface area contributed by atoms with Crippen molar-refractivity contribution >= 4 is 11.4 Å². The smallest absolute Gasteiger partial charge is 0.0713 e. The van der Waals surface area contributed by atoms with Crippen LogP contribution in [0.2, 0.25) is 0 Å². The lowest BCUT2D eigenvalue weighted by atomic mass is 10.1. The van der Waals surface area contributed by atoms with Crippen LogP contribution in [-0.4, -0.2) is 21.2 Å². The molecule has 0 radical (unpaired) electrons. The Bertz CT molecular complexity index is 552. The molecule has 0 aliphatic heterocycles. The first-order chi connectivity index (χ1) is 9.69. The highest BCUT2D eigenvalue weighted by atomic mass is 16.5. The summed E-state index contributed by atoms with van der Waals surface area (Å²) < 4.78 is 5.16. The van der Waals surface area contributed by atoms with Crippen LogP contribution >= 0.6 is 0 Å². The molecule has 0 bridgehead atoms. The van der Waals surface area contributed by atoms with Gasteiger partial charge in [0.25, 0.3) is 0 Å². The molecule has 2 rings (SSSR count). The number of methoxy groups -OCH3 is 1. The lowest BCUT2D eigenvalue weighted by Crippen LogP contribution is -2.09. The third-order valence-electron chi connectivity index (χ3n) is 3.16. The second-order valence-corrected chi connectivity index (χ2v) is 5.05. The molecule has 3 heteroatoms. The van der Waals surface area contributed by atoms with E-state index in [0.29, 0.717) is 6.61 Å². The van der Waals surface area contributed by atoms with E-state index in [2.05, 4.69) is 58.7 Å². The number of anilines is 2. The fraction of sp³-hybridized carbons (Fsp3) is 0.294. The van der Waals surface area contributed by atoms with Crippen LogP contribution in [0.3, 0.4) is 0 Å². The molecular weight excluding hydrogens is 248 g/mol. The topological polar surface area (TPSA) is 24.5 Å². The molecule has 0 spiro atoms. The van der Waals surface area contributed by atoms with Gasteiger partial charge in [0.15, 0.2) is 0 Å². The summed E-state index contributed by atoms with van der Waals surface area (Å²) in [5.41, 5.74) is 4.79. The number of nitrogens with one attached hydrogen (secondary N) is 1. The standard InChI is InChI=1S/C17H22N2O/c1-19(2)17-9-5-8-16(11-17)18-12-14-6-4-7-15(10-14)13-20-3/h4-11,18H,12-13H2,1-3H3. The Labute approximate surface area is 121 Å². The van der Waals surface area contributed by atoms with Crippen LogP contribution in [-0.2, 0) is 17.9 Å². The van der Waals surface area contributed by atoms with Crippen molar-refractivity contribution in [2.75, 3.05) is 31.4 Å². The molecule has 0 aliphatic carbocycles. The maximum atomic E-state index is 5.16. The highest BCUT2D eigenvalue weighted by Crippen LogP contribution is 2.18. The van der Waals surface area contributed by atoms with E-state index in [1.807, 2.05) is 14.1 Å². The zero-order valence-electron chi connectivity index (χ0n) is 12.4. The first kappa shape index (κ1) is 14.4. The summed E-state index contributed by atoms with van der Waals surface area (Å²) in [5, 5.41) is 3.46. The van der Waals surface area contributed by atoms with Gasteiger partial charge in [-0.05, 0) is 29.3 Å². The predicted octanol–water partition coefficient (Wildman–Crippen LogP) is 3.51. The zero-order chi connectivity index (χ0) is 14.4. The molecule has 0 saturated heterocycles. The number of nitrogens with zero attached hydrogens (tertiary/aromatic N) is 1. The van der Waals surface area contributed by atoms with Gasteiger partial charge >= 0.3 is 0 Å². The van der Waals surface area contributed by atoms with E-state index in [-0.39, 0.29) is 0 Å². The minimum atomic E-state index is 0.657. The lowest BCUT2D eigenvalue weighted by molar-refractivity contribution is 0.185. The molecule has 1 N–H and O–H groups in total. The highest BCUT2D eigenvalue weighted by Gasteiger charge is 1.99. The molecular formula is C17H22N2O. The Morgan fingerprint density at radius 3 is 2.50 bits per heavy atom. The number of rotatable bonds is 6. The molecule has 0 unspecified atom stereocenters. The van der Waals surface area contributed by atoms with Gasteiger partial charge in [0.2, 0.25) is 0 Å². The molecule has 0 heterocycles. The van der Waals surface area contributed by atoms with Gasteiger partial charge in [-0.1, -0.05) is 30.3 Å². The van der Waals surface area contributed by atoms with E-state index in [4.69, 9.17) is 4.74 Å². The average molecular weight is 270 g/mol. The van der Waals surface area contributed by atoms with E-state index in [1.165, 1.54) is 16.8 Å². The van der Waals surface area contributed by atoms with Gasteiger partial charge in [0.1, 0.15) is 0 Å². The van der Waals surface area contributed by atoms with Crippen molar-refractivity contribution < 1.29 is 4.74 Å². The van der Waals surface area contributed by atoms with Crippen LogP contribution in [0.15, 0.2) is 48.5 Å². The lowest BCUT2D eigenvalue weighted by Gasteiger charge is -2.14. The minimum absolute atomic E-state index is 0.657. The van der Waals surface area contributed by atoms with Crippen molar-refractivity contribution in [1.82, 2.24) is 0 Å². The first-order valence-electron chi connectivity index (χ1n) is 6.77. The Morgan fingerprint density at radius 1 is 1.00 bits per heavy atom. The first-order valence-corrected chi connectivity index (χ1v) is 6.77. The summed E-state index contributed by atoms with van der Waals surface area (Å²) in [6.07, 6.45) is 0. The minimum Gasteiger partial charge on any atom is -0.381 e. The van der Waals surface area contributed by atoms with Gasteiger partial charge in [-0.15, -0.1) is 0 Å². The van der Waals surface area contributed by atoms with Crippen LogP contribution in [0.4, 0.5) is 11.4 Å². The fourth-order valence-electron chi connectivity index (χ4n) is 2.09. The summed E-state index contributed by atoms with van der Waals surface area (Å²) in [6, 6.07) is 16.9. The van der Waals surface area contributed by atoms with E-state index < -0.39 is 0 Å². The molecule has 0 aromatic heterocycles. The maximum Gasteiger partial charge on any atom is 0.0713 e. The summed E-state index contributed by atoms with van der Waals surface area (Å²) in [5.74, 6) is 0. The third kappa shape index (κ3) is 4.00. The van der Waals surface area contributed by atoms with Crippen LogP contribution in [0, 0.1) is 0 Å². The van der Waals surface area contributed by atoms with Gasteiger partial charge in [-0.2, -0.15) is 0 Å². The second kappa shape index (κ2) is 6.96. The highest BCUT2D eigenvalue weighted by molar-refractivity contribution is 5.57. The number of benzene rings is 2. The number of hydrogen-bond acceptors (Lipinski definition) is 3. The van der Waals surface area contributed by atoms with Crippen molar-refractivity contribution in [1.29, 1.82) is 0 Å². The molecule has 2 aromatic carbocycles. The molecule has 0 fully saturated rings. The Hall–Kier alpha value is -2.00. The predicted molar refractivity (Wildman–Crippen MR) is 85.3 cm³/mol. The monoisotopic (exact) mass is 270 g/mol. The van der Waals surface area contributed by atoms with Gasteiger partial charge in [0.05, 0.1) is 6.61 Å². The second-order valence-electron chi connectivity index (χ2n) is 5.05. The van der Waals surface area contributed by atoms with Crippen molar-refractivity contribution in [2.45, 2.75) is 13.2 Å². The normalized spacial score (nSPS) is 10.3. The van der Waals surface area contributed by atoms with Gasteiger partial charge in [-0.25, -0.2) is 0 Å². The van der Waals surface area contributed by atoms with E-state index in [1.54, 1.807) is 7.11 Å². The van der Waals surface area contributed by atoms with E-state index >= 15 is 0 Å². The molecule has 0 atom stereocenters. The molecule has 0 amide bonds. The molecule has 3 nitrogen and oxygen atoms in total. The molecule has 0 saturated carbocycles. The van der Waals surface area contributed by atoms with E-state index in [0.717, 1.165) is 12.2 Å². The Kier molecular flexibility index (Phi) is 5.02. The SMILES string of the molecule is COCc1cccc(CNc2cccc(N(C)C)c2)c1. The largest absolute Gasteiger partial charge is 0.381 e.